The standard InChI is InChI=1S/C40H25N/c1-3-11-26(12-4-1)29-17-7-18-31(23-29)41-36-22-10-21-33-32-19-8-15-28-16-9-20-34(38(28)32)35-24-30(27-13-5-2-6-14-27)25-37(41)40(35)39(33)36/h1-25H. The third-order valence-corrected chi connectivity index (χ3v) is 8.70. The maximum atomic E-state index is 2.48. The quantitative estimate of drug-likeness (QED) is 0.219. The van der Waals surface area contributed by atoms with Crippen LogP contribution in [-0.4, -0.2) is 4.57 Å². The van der Waals surface area contributed by atoms with Crippen molar-refractivity contribution in [2.45, 2.75) is 0 Å². The number of hydrogen-bond donors (Lipinski definition) is 0. The lowest BCUT2D eigenvalue weighted by Gasteiger charge is -2.15. The van der Waals surface area contributed by atoms with Crippen LogP contribution in [0.3, 0.4) is 0 Å². The number of nitrogens with zero attached hydrogens (tertiary/aromatic N) is 1. The van der Waals surface area contributed by atoms with E-state index in [1.807, 2.05) is 0 Å². The molecule has 0 aliphatic heterocycles. The van der Waals surface area contributed by atoms with E-state index in [0.29, 0.717) is 0 Å². The maximum absolute atomic E-state index is 2.48. The molecule has 0 fully saturated rings. The van der Waals surface area contributed by atoms with Crippen LogP contribution in [0.4, 0.5) is 0 Å². The van der Waals surface area contributed by atoms with Gasteiger partial charge < -0.3 is 4.57 Å². The molecule has 0 radical (unpaired) electrons. The second kappa shape index (κ2) is 8.55. The van der Waals surface area contributed by atoms with Crippen LogP contribution >= 0.6 is 0 Å². The summed E-state index contributed by atoms with van der Waals surface area (Å²) in [6.45, 7) is 0. The highest BCUT2D eigenvalue weighted by molar-refractivity contribution is 6.27. The number of aromatic nitrogens is 1. The molecular formula is C40H25N. The smallest absolute Gasteiger partial charge is 0.0553 e. The van der Waals surface area contributed by atoms with Gasteiger partial charge in [0.05, 0.1) is 11.0 Å². The Kier molecular flexibility index (Phi) is 4.67. The molecule has 0 spiro atoms. The minimum Gasteiger partial charge on any atom is -0.309 e. The molecule has 0 saturated carbocycles. The van der Waals surface area contributed by atoms with Gasteiger partial charge in [-0.3, -0.25) is 0 Å². The van der Waals surface area contributed by atoms with Crippen LogP contribution in [0.15, 0.2) is 152 Å². The van der Waals surface area contributed by atoms with Crippen LogP contribution in [0.1, 0.15) is 0 Å². The summed E-state index contributed by atoms with van der Waals surface area (Å²) in [6, 6.07) is 55.5. The zero-order valence-electron chi connectivity index (χ0n) is 22.4. The summed E-state index contributed by atoms with van der Waals surface area (Å²) in [4.78, 5) is 0. The van der Waals surface area contributed by atoms with Crippen molar-refractivity contribution in [3.05, 3.63) is 152 Å². The molecule has 8 aromatic rings. The fourth-order valence-electron chi connectivity index (χ4n) is 6.94. The molecule has 190 valence electrons. The Hall–Kier alpha value is -5.40. The molecule has 0 bridgehead atoms. The van der Waals surface area contributed by atoms with Crippen molar-refractivity contribution >= 4 is 32.6 Å². The summed E-state index contributed by atoms with van der Waals surface area (Å²) in [5.74, 6) is 0. The van der Waals surface area contributed by atoms with Crippen molar-refractivity contribution < 1.29 is 0 Å². The van der Waals surface area contributed by atoms with Crippen molar-refractivity contribution in [1.82, 2.24) is 4.57 Å². The Morgan fingerprint density at radius 3 is 1.61 bits per heavy atom. The van der Waals surface area contributed by atoms with E-state index in [9.17, 15) is 0 Å². The minimum atomic E-state index is 1.17. The molecule has 0 N–H and O–H groups in total. The number of rotatable bonds is 3. The number of fused-ring (bicyclic) bond motifs is 2. The highest BCUT2D eigenvalue weighted by atomic mass is 15.0. The predicted octanol–water partition coefficient (Wildman–Crippen LogP) is 10.9. The lowest BCUT2D eigenvalue weighted by molar-refractivity contribution is 1.18. The zero-order valence-corrected chi connectivity index (χ0v) is 22.4. The van der Waals surface area contributed by atoms with Crippen LogP contribution in [0, 0.1) is 0 Å². The van der Waals surface area contributed by atoms with Gasteiger partial charge in [0.1, 0.15) is 0 Å². The molecule has 0 amide bonds. The van der Waals surface area contributed by atoms with Crippen LogP contribution in [0.25, 0.3) is 82.8 Å². The van der Waals surface area contributed by atoms with Gasteiger partial charge >= 0.3 is 0 Å². The fourth-order valence-corrected chi connectivity index (χ4v) is 6.94. The molecule has 1 nitrogen and oxygen atoms in total. The second-order valence-corrected chi connectivity index (χ2v) is 10.9. The number of hydrogen-bond acceptors (Lipinski definition) is 0. The Morgan fingerprint density at radius 2 is 0.878 bits per heavy atom. The van der Waals surface area contributed by atoms with Crippen LogP contribution in [0.2, 0.25) is 0 Å². The van der Waals surface area contributed by atoms with Crippen molar-refractivity contribution in [2.24, 2.45) is 0 Å². The first kappa shape index (κ1) is 22.4. The van der Waals surface area contributed by atoms with E-state index < -0.39 is 0 Å². The summed E-state index contributed by atoms with van der Waals surface area (Å²) in [5, 5.41) is 5.27. The molecule has 0 saturated heterocycles. The van der Waals surface area contributed by atoms with Crippen molar-refractivity contribution in [1.29, 1.82) is 0 Å². The van der Waals surface area contributed by atoms with E-state index in [1.54, 1.807) is 0 Å². The average Bonchev–Trinajstić information content (AvgIpc) is 3.33. The molecule has 1 aliphatic rings. The van der Waals surface area contributed by atoms with Gasteiger partial charge in [-0.2, -0.15) is 0 Å². The van der Waals surface area contributed by atoms with Crippen LogP contribution < -0.4 is 0 Å². The fraction of sp³-hybridized carbons (Fsp3) is 0. The predicted molar refractivity (Wildman–Crippen MR) is 174 cm³/mol. The van der Waals surface area contributed by atoms with Gasteiger partial charge in [0, 0.05) is 16.5 Å². The van der Waals surface area contributed by atoms with E-state index >= 15 is 0 Å². The maximum Gasteiger partial charge on any atom is 0.0553 e. The van der Waals surface area contributed by atoms with Crippen molar-refractivity contribution in [2.75, 3.05) is 0 Å². The molecule has 1 aromatic heterocycles. The third kappa shape index (κ3) is 3.24. The van der Waals surface area contributed by atoms with Crippen molar-refractivity contribution in [3.8, 4) is 50.2 Å². The van der Waals surface area contributed by atoms with E-state index in [4.69, 9.17) is 0 Å². The first-order valence-corrected chi connectivity index (χ1v) is 14.2. The monoisotopic (exact) mass is 519 g/mol. The molecule has 1 heteroatoms. The van der Waals surface area contributed by atoms with Gasteiger partial charge in [0.25, 0.3) is 0 Å². The second-order valence-electron chi connectivity index (χ2n) is 10.9. The first-order chi connectivity index (χ1) is 20.3. The Bertz CT molecular complexity index is 2280. The first-order valence-electron chi connectivity index (χ1n) is 14.2. The Labute approximate surface area is 238 Å². The highest BCUT2D eigenvalue weighted by Crippen LogP contribution is 2.50. The SMILES string of the molecule is c1ccc(-c2cccc(-n3c4cccc5c4c4c(cc(-c6ccccc6)cc43)-c3cccc4cccc-5c34)c2)cc1. The topological polar surface area (TPSA) is 4.93 Å². The molecule has 41 heavy (non-hydrogen) atoms. The third-order valence-electron chi connectivity index (χ3n) is 8.70. The van der Waals surface area contributed by atoms with Gasteiger partial charge in [-0.25, -0.2) is 0 Å². The van der Waals surface area contributed by atoms with Gasteiger partial charge in [-0.1, -0.05) is 121 Å². The molecule has 1 aliphatic carbocycles. The highest BCUT2D eigenvalue weighted by Gasteiger charge is 2.25. The average molecular weight is 520 g/mol. The normalized spacial score (nSPS) is 11.9. The molecule has 1 heterocycles. The number of benzene rings is 7. The molecule has 0 unspecified atom stereocenters. The van der Waals surface area contributed by atoms with E-state index in [2.05, 4.69) is 156 Å². The summed E-state index contributed by atoms with van der Waals surface area (Å²) in [6.07, 6.45) is 0. The molecule has 9 rings (SSSR count). The van der Waals surface area contributed by atoms with Crippen LogP contribution in [0.5, 0.6) is 0 Å². The van der Waals surface area contributed by atoms with Gasteiger partial charge in [0.2, 0.25) is 0 Å². The van der Waals surface area contributed by atoms with E-state index in [1.165, 1.54) is 82.8 Å². The Morgan fingerprint density at radius 1 is 0.317 bits per heavy atom. The zero-order chi connectivity index (χ0) is 26.9. The summed E-state index contributed by atoms with van der Waals surface area (Å²) < 4.78 is 2.48. The molecule has 0 atom stereocenters. The van der Waals surface area contributed by atoms with Crippen molar-refractivity contribution in [3.63, 3.8) is 0 Å². The summed E-state index contributed by atoms with van der Waals surface area (Å²) >= 11 is 0. The van der Waals surface area contributed by atoms with Gasteiger partial charge in [-0.15, -0.1) is 0 Å². The minimum absolute atomic E-state index is 1.17. The largest absolute Gasteiger partial charge is 0.309 e. The van der Waals surface area contributed by atoms with Gasteiger partial charge in [0.15, 0.2) is 0 Å². The summed E-state index contributed by atoms with van der Waals surface area (Å²) in [7, 11) is 0. The molecule has 7 aromatic carbocycles. The van der Waals surface area contributed by atoms with E-state index in [0.717, 1.165) is 0 Å². The van der Waals surface area contributed by atoms with E-state index in [-0.39, 0.29) is 0 Å². The lowest BCUT2D eigenvalue weighted by Crippen LogP contribution is -1.96. The van der Waals surface area contributed by atoms with Crippen LogP contribution in [-0.2, 0) is 0 Å². The summed E-state index contributed by atoms with van der Waals surface area (Å²) in [5.41, 5.74) is 13.7. The van der Waals surface area contributed by atoms with Gasteiger partial charge in [-0.05, 0) is 85.6 Å². The Balaban J connectivity index is 1.47. The lowest BCUT2D eigenvalue weighted by atomic mass is 9.92. The molecular weight excluding hydrogens is 494 g/mol.